The van der Waals surface area contributed by atoms with Gasteiger partial charge >= 0.3 is 5.97 Å². The second kappa shape index (κ2) is 7.15. The van der Waals surface area contributed by atoms with Crippen molar-refractivity contribution in [2.24, 2.45) is 17.3 Å². The summed E-state index contributed by atoms with van der Waals surface area (Å²) in [7, 11) is 0. The molecule has 5 aliphatic rings. The summed E-state index contributed by atoms with van der Waals surface area (Å²) < 4.78 is 16.6. The minimum atomic E-state index is -0.724. The zero-order valence-electron chi connectivity index (χ0n) is 17.3. The number of amides is 1. The van der Waals surface area contributed by atoms with E-state index in [0.29, 0.717) is 43.0 Å². The average molecular weight is 415 g/mol. The summed E-state index contributed by atoms with van der Waals surface area (Å²) in [5.74, 6) is 1.51. The van der Waals surface area contributed by atoms with E-state index in [0.717, 1.165) is 37.7 Å². The van der Waals surface area contributed by atoms with Crippen LogP contribution >= 0.6 is 0 Å². The Bertz CT molecular complexity index is 853. The first-order valence-electron chi connectivity index (χ1n) is 10.9. The van der Waals surface area contributed by atoms with Gasteiger partial charge in [-0.25, -0.2) is 0 Å². The molecule has 6 rings (SSSR count). The van der Waals surface area contributed by atoms with Gasteiger partial charge in [0, 0.05) is 0 Å². The fraction of sp³-hybridized carbons (Fsp3) is 0.652. The second-order valence-electron chi connectivity index (χ2n) is 9.73. The molecule has 0 aromatic heterocycles. The maximum atomic E-state index is 12.9. The molecule has 4 bridgehead atoms. The quantitative estimate of drug-likeness (QED) is 0.718. The lowest BCUT2D eigenvalue weighted by Gasteiger charge is -2.58. The van der Waals surface area contributed by atoms with E-state index in [4.69, 9.17) is 14.2 Å². The van der Waals surface area contributed by atoms with Gasteiger partial charge in [0.1, 0.15) is 13.2 Å². The second-order valence-corrected chi connectivity index (χ2v) is 9.73. The molecule has 0 radical (unpaired) electrons. The number of hydrogen-bond donors (Lipinski definition) is 2. The smallest absolute Gasteiger partial charge is 0.312 e. The van der Waals surface area contributed by atoms with E-state index >= 15 is 0 Å². The minimum Gasteiger partial charge on any atom is -0.486 e. The third-order valence-corrected chi connectivity index (χ3v) is 7.24. The Labute approximate surface area is 176 Å². The number of carbonyl (C=O) groups is 2. The van der Waals surface area contributed by atoms with Crippen molar-refractivity contribution in [1.82, 2.24) is 5.32 Å². The molecular formula is C23H29NO6. The Morgan fingerprint density at radius 1 is 1.17 bits per heavy atom. The largest absolute Gasteiger partial charge is 0.486 e. The molecule has 7 nitrogen and oxygen atoms in total. The molecular weight excluding hydrogens is 386 g/mol. The Balaban J connectivity index is 1.17. The highest BCUT2D eigenvalue weighted by atomic mass is 16.6. The van der Waals surface area contributed by atoms with Gasteiger partial charge in [-0.15, -0.1) is 0 Å². The van der Waals surface area contributed by atoms with Gasteiger partial charge in [-0.1, -0.05) is 6.07 Å². The van der Waals surface area contributed by atoms with Gasteiger partial charge in [-0.05, 0) is 75.0 Å². The number of carbonyl (C=O) groups excluding carboxylic acids is 2. The lowest BCUT2D eigenvalue weighted by atomic mass is 9.48. The van der Waals surface area contributed by atoms with E-state index in [1.165, 1.54) is 0 Å². The van der Waals surface area contributed by atoms with Crippen LogP contribution in [0.4, 0.5) is 0 Å². The normalized spacial score (nSPS) is 34.3. The molecule has 1 aromatic carbocycles. The fourth-order valence-electron chi connectivity index (χ4n) is 6.43. The van der Waals surface area contributed by atoms with E-state index in [2.05, 4.69) is 5.32 Å². The lowest BCUT2D eigenvalue weighted by molar-refractivity contribution is -0.196. The van der Waals surface area contributed by atoms with E-state index in [9.17, 15) is 14.7 Å². The van der Waals surface area contributed by atoms with Crippen LogP contribution in [0.2, 0.25) is 0 Å². The van der Waals surface area contributed by atoms with E-state index < -0.39 is 11.0 Å². The molecule has 1 heterocycles. The number of aliphatic hydroxyl groups is 1. The van der Waals surface area contributed by atoms with Gasteiger partial charge in [0.05, 0.1) is 17.1 Å². The summed E-state index contributed by atoms with van der Waals surface area (Å²) in [6.45, 7) is 2.61. The number of esters is 1. The molecule has 162 valence electrons. The number of rotatable bonds is 5. The van der Waals surface area contributed by atoms with Gasteiger partial charge < -0.3 is 24.6 Å². The number of hydrogen-bond acceptors (Lipinski definition) is 6. The molecule has 30 heavy (non-hydrogen) atoms. The number of ether oxygens (including phenoxy) is 3. The van der Waals surface area contributed by atoms with Crippen molar-refractivity contribution < 1.29 is 28.9 Å². The molecule has 2 N–H and O–H groups in total. The van der Waals surface area contributed by atoms with Crippen LogP contribution in [0.1, 0.15) is 57.1 Å². The molecule has 1 aliphatic heterocycles. The molecule has 2 unspecified atom stereocenters. The minimum absolute atomic E-state index is 0.257. The first-order chi connectivity index (χ1) is 14.3. The third-order valence-electron chi connectivity index (χ3n) is 7.24. The van der Waals surface area contributed by atoms with Crippen molar-refractivity contribution in [3.63, 3.8) is 0 Å². The summed E-state index contributed by atoms with van der Waals surface area (Å²) in [6, 6.07) is 5.33. The summed E-state index contributed by atoms with van der Waals surface area (Å²) in [5.41, 5.74) is -0.444. The molecule has 4 fully saturated rings. The van der Waals surface area contributed by atoms with Gasteiger partial charge in [0.15, 0.2) is 18.1 Å². The van der Waals surface area contributed by atoms with Crippen molar-refractivity contribution in [2.75, 3.05) is 19.8 Å². The SMILES string of the molecule is C[C@@H](NC(=O)COC(=O)C12C[C@@H]3C[C@@H](CC(O)(C3)C1)C2)c1ccc2c(c1)OCCO2. The highest BCUT2D eigenvalue weighted by Crippen LogP contribution is 2.61. The Hall–Kier alpha value is -2.28. The van der Waals surface area contributed by atoms with Crippen LogP contribution in [0.3, 0.4) is 0 Å². The summed E-state index contributed by atoms with van der Waals surface area (Å²) >= 11 is 0. The van der Waals surface area contributed by atoms with Crippen LogP contribution in [0.25, 0.3) is 0 Å². The van der Waals surface area contributed by atoms with Crippen molar-refractivity contribution in [1.29, 1.82) is 0 Å². The maximum absolute atomic E-state index is 12.9. The topological polar surface area (TPSA) is 94.1 Å². The molecule has 1 amide bonds. The summed E-state index contributed by atoms with van der Waals surface area (Å²) in [4.78, 5) is 25.3. The maximum Gasteiger partial charge on any atom is 0.312 e. The van der Waals surface area contributed by atoms with Crippen LogP contribution < -0.4 is 14.8 Å². The zero-order valence-corrected chi connectivity index (χ0v) is 17.3. The lowest BCUT2D eigenvalue weighted by Crippen LogP contribution is -2.58. The Morgan fingerprint density at radius 3 is 2.57 bits per heavy atom. The summed E-state index contributed by atoms with van der Waals surface area (Å²) in [5, 5.41) is 13.7. The van der Waals surface area contributed by atoms with Crippen LogP contribution in [0.5, 0.6) is 11.5 Å². The first kappa shape index (κ1) is 19.7. The predicted molar refractivity (Wildman–Crippen MR) is 107 cm³/mol. The zero-order chi connectivity index (χ0) is 20.9. The standard InChI is InChI=1S/C23H29NO6/c1-14(17-2-3-18-19(7-17)29-5-4-28-18)24-20(25)12-30-21(26)22-8-15-6-16(9-22)11-23(27,10-15)13-22/h2-3,7,14-16,27H,4-6,8-13H2,1H3,(H,24,25)/t14-,15-,16+,22?,23?/m1/s1. The molecule has 4 saturated carbocycles. The van der Waals surface area contributed by atoms with Gasteiger partial charge in [0.2, 0.25) is 0 Å². The molecule has 5 atom stereocenters. The van der Waals surface area contributed by atoms with E-state index in [-0.39, 0.29) is 24.5 Å². The fourth-order valence-corrected chi connectivity index (χ4v) is 6.43. The van der Waals surface area contributed by atoms with Gasteiger partial charge in [-0.2, -0.15) is 0 Å². The molecule has 4 aliphatic carbocycles. The van der Waals surface area contributed by atoms with Crippen molar-refractivity contribution in [3.05, 3.63) is 23.8 Å². The first-order valence-corrected chi connectivity index (χ1v) is 10.9. The molecule has 1 aromatic rings. The van der Waals surface area contributed by atoms with Crippen molar-refractivity contribution in [3.8, 4) is 11.5 Å². The average Bonchev–Trinajstić information content (AvgIpc) is 2.69. The van der Waals surface area contributed by atoms with Gasteiger partial charge in [0.25, 0.3) is 5.91 Å². The van der Waals surface area contributed by atoms with Crippen LogP contribution in [-0.4, -0.2) is 42.4 Å². The van der Waals surface area contributed by atoms with Crippen LogP contribution in [0.15, 0.2) is 18.2 Å². The van der Waals surface area contributed by atoms with Gasteiger partial charge in [-0.3, -0.25) is 9.59 Å². The third kappa shape index (κ3) is 3.53. The van der Waals surface area contributed by atoms with Crippen molar-refractivity contribution in [2.45, 2.75) is 57.1 Å². The van der Waals surface area contributed by atoms with E-state index in [1.54, 1.807) is 0 Å². The van der Waals surface area contributed by atoms with Crippen LogP contribution in [0, 0.1) is 17.3 Å². The van der Waals surface area contributed by atoms with Crippen molar-refractivity contribution >= 4 is 11.9 Å². The molecule has 7 heteroatoms. The van der Waals surface area contributed by atoms with E-state index in [1.807, 2.05) is 25.1 Å². The Morgan fingerprint density at radius 2 is 1.87 bits per heavy atom. The Kier molecular flexibility index (Phi) is 4.69. The number of nitrogens with one attached hydrogen (secondary N) is 1. The number of fused-ring (bicyclic) bond motifs is 1. The summed E-state index contributed by atoms with van der Waals surface area (Å²) in [6.07, 6.45) is 4.73. The highest BCUT2D eigenvalue weighted by Gasteiger charge is 2.60. The molecule has 0 spiro atoms. The highest BCUT2D eigenvalue weighted by molar-refractivity contribution is 5.83. The molecule has 0 saturated heterocycles. The predicted octanol–water partition coefficient (Wildman–Crippen LogP) is 2.51. The number of benzene rings is 1. The van der Waals surface area contributed by atoms with Crippen LogP contribution in [-0.2, 0) is 14.3 Å². The monoisotopic (exact) mass is 415 g/mol.